The Balaban J connectivity index is 1.19. The molecule has 2 N–H and O–H groups in total. The summed E-state index contributed by atoms with van der Waals surface area (Å²) in [5, 5.41) is 20.6. The fraction of sp³-hybridized carbons (Fsp3) is 0.167. The van der Waals surface area contributed by atoms with Crippen molar-refractivity contribution in [3.63, 3.8) is 0 Å². The van der Waals surface area contributed by atoms with Gasteiger partial charge in [-0.25, -0.2) is 0 Å². The van der Waals surface area contributed by atoms with Crippen LogP contribution in [0.4, 0.5) is 0 Å². The number of piperazine rings is 1. The molecule has 0 radical (unpaired) electrons. The number of hydrogen-bond donors (Lipinski definition) is 2. The average molecular weight is 493 g/mol. The van der Waals surface area contributed by atoms with E-state index in [9.17, 15) is 19.8 Å². The first-order valence-electron chi connectivity index (χ1n) is 10.6. The molecule has 5 rings (SSSR count). The highest BCUT2D eigenvalue weighted by Crippen LogP contribution is 2.33. The Morgan fingerprint density at radius 1 is 0.706 bits per heavy atom. The Morgan fingerprint density at radius 3 is 1.50 bits per heavy atom. The Morgan fingerprint density at radius 2 is 1.12 bits per heavy atom. The number of phenolic OH excluding ortho intramolecular Hbond substituents is 2. The van der Waals surface area contributed by atoms with Crippen LogP contribution in [0.15, 0.2) is 68.3 Å². The highest BCUT2D eigenvalue weighted by atomic mass is 32.2. The van der Waals surface area contributed by atoms with E-state index in [1.54, 1.807) is 48.6 Å². The molecule has 10 heteroatoms. The minimum Gasteiger partial charge on any atom is -0.508 e. The number of benzene rings is 2. The molecule has 3 aliphatic heterocycles. The molecule has 3 aliphatic rings. The molecular formula is C24H20N4O4S2. The maximum Gasteiger partial charge on any atom is 0.286 e. The third-order valence-corrected chi connectivity index (χ3v) is 7.46. The van der Waals surface area contributed by atoms with Crippen LogP contribution in [-0.4, -0.2) is 68.3 Å². The predicted octanol–water partition coefficient (Wildman–Crippen LogP) is 3.36. The van der Waals surface area contributed by atoms with Crippen molar-refractivity contribution in [3.8, 4) is 11.5 Å². The number of carbonyl (C=O) groups is 2. The molecule has 2 amide bonds. The monoisotopic (exact) mass is 492 g/mol. The van der Waals surface area contributed by atoms with Gasteiger partial charge >= 0.3 is 0 Å². The van der Waals surface area contributed by atoms with E-state index in [1.165, 1.54) is 23.5 Å². The lowest BCUT2D eigenvalue weighted by atomic mass is 10.2. The van der Waals surface area contributed by atoms with E-state index in [4.69, 9.17) is 0 Å². The van der Waals surface area contributed by atoms with E-state index in [-0.39, 0.29) is 23.3 Å². The van der Waals surface area contributed by atoms with Crippen LogP contribution in [0.1, 0.15) is 11.1 Å². The number of thioether (sulfide) groups is 2. The highest BCUT2D eigenvalue weighted by Gasteiger charge is 2.32. The molecule has 0 aliphatic carbocycles. The summed E-state index contributed by atoms with van der Waals surface area (Å²) in [5.41, 5.74) is 1.49. The third kappa shape index (κ3) is 4.87. The summed E-state index contributed by atoms with van der Waals surface area (Å²) in [5.74, 6) is -0.274. The summed E-state index contributed by atoms with van der Waals surface area (Å²) in [7, 11) is 0. The molecule has 0 unspecified atom stereocenters. The molecule has 3 heterocycles. The second-order valence-electron chi connectivity index (χ2n) is 7.78. The maximum absolute atomic E-state index is 12.4. The summed E-state index contributed by atoms with van der Waals surface area (Å²) in [6.07, 6.45) is 3.46. The van der Waals surface area contributed by atoms with Crippen LogP contribution in [-0.2, 0) is 9.59 Å². The van der Waals surface area contributed by atoms with Gasteiger partial charge in [-0.2, -0.15) is 9.98 Å². The van der Waals surface area contributed by atoms with Crippen LogP contribution in [0, 0.1) is 0 Å². The minimum atomic E-state index is -0.283. The first-order valence-corrected chi connectivity index (χ1v) is 12.2. The number of amidine groups is 2. The van der Waals surface area contributed by atoms with Gasteiger partial charge in [-0.1, -0.05) is 24.3 Å². The first kappa shape index (κ1) is 22.3. The van der Waals surface area contributed by atoms with Crippen molar-refractivity contribution < 1.29 is 19.8 Å². The average Bonchev–Trinajstić information content (AvgIpc) is 3.36. The van der Waals surface area contributed by atoms with E-state index < -0.39 is 0 Å². The van der Waals surface area contributed by atoms with Crippen LogP contribution in [0.5, 0.6) is 11.5 Å². The second-order valence-corrected chi connectivity index (χ2v) is 9.80. The number of carbonyl (C=O) groups excluding carboxylic acids is 2. The highest BCUT2D eigenvalue weighted by molar-refractivity contribution is 8.18. The molecule has 0 spiro atoms. The van der Waals surface area contributed by atoms with Gasteiger partial charge in [0.1, 0.15) is 11.5 Å². The predicted molar refractivity (Wildman–Crippen MR) is 135 cm³/mol. The topological polar surface area (TPSA) is 106 Å². The van der Waals surface area contributed by atoms with Gasteiger partial charge in [0, 0.05) is 26.2 Å². The largest absolute Gasteiger partial charge is 0.508 e. The number of rotatable bonds is 2. The van der Waals surface area contributed by atoms with Gasteiger partial charge in [-0.05, 0) is 71.1 Å². The fourth-order valence-electron chi connectivity index (χ4n) is 3.69. The van der Waals surface area contributed by atoms with Gasteiger partial charge in [0.05, 0.1) is 9.81 Å². The lowest BCUT2D eigenvalue weighted by molar-refractivity contribution is -0.114. The smallest absolute Gasteiger partial charge is 0.286 e. The molecule has 8 nitrogen and oxygen atoms in total. The summed E-state index contributed by atoms with van der Waals surface area (Å²) < 4.78 is 0. The van der Waals surface area contributed by atoms with Gasteiger partial charge < -0.3 is 20.0 Å². The molecule has 1 fully saturated rings. The van der Waals surface area contributed by atoms with E-state index in [0.29, 0.717) is 46.3 Å². The molecule has 2 aromatic rings. The molecule has 0 bridgehead atoms. The SMILES string of the molecule is O=C1N=C(N2CCN(C3=NC(=O)/C(=C\c4cccc(O)c4)S3)CC2)S/C1=C\c1cccc(O)c1. The number of nitrogens with zero attached hydrogens (tertiary/aromatic N) is 4. The summed E-state index contributed by atoms with van der Waals surface area (Å²) in [4.78, 5) is 38.3. The lowest BCUT2D eigenvalue weighted by Gasteiger charge is -2.35. The third-order valence-electron chi connectivity index (χ3n) is 5.38. The van der Waals surface area contributed by atoms with Crippen LogP contribution >= 0.6 is 23.5 Å². The quantitative estimate of drug-likeness (QED) is 0.615. The summed E-state index contributed by atoms with van der Waals surface area (Å²) >= 11 is 2.66. The zero-order chi connectivity index (χ0) is 23.7. The Labute approximate surface area is 204 Å². The Bertz CT molecular complexity index is 1190. The van der Waals surface area contributed by atoms with E-state index in [1.807, 2.05) is 12.1 Å². The molecule has 2 aromatic carbocycles. The van der Waals surface area contributed by atoms with Gasteiger partial charge in [-0.15, -0.1) is 0 Å². The van der Waals surface area contributed by atoms with E-state index in [2.05, 4.69) is 19.8 Å². The maximum atomic E-state index is 12.4. The molecule has 0 atom stereocenters. The number of aliphatic imine (C=N–C) groups is 2. The van der Waals surface area contributed by atoms with Gasteiger partial charge in [0.25, 0.3) is 11.8 Å². The number of hydrogen-bond acceptors (Lipinski definition) is 8. The van der Waals surface area contributed by atoms with Gasteiger partial charge in [0.2, 0.25) is 0 Å². The van der Waals surface area contributed by atoms with Crippen molar-refractivity contribution in [2.24, 2.45) is 9.98 Å². The van der Waals surface area contributed by atoms with Crippen molar-refractivity contribution in [2.75, 3.05) is 26.2 Å². The number of aromatic hydroxyl groups is 2. The summed E-state index contributed by atoms with van der Waals surface area (Å²) in [6.45, 7) is 2.60. The normalized spacial score (nSPS) is 20.9. The zero-order valence-corrected chi connectivity index (χ0v) is 19.6. The van der Waals surface area contributed by atoms with Crippen molar-refractivity contribution in [3.05, 3.63) is 69.5 Å². The van der Waals surface area contributed by atoms with Crippen molar-refractivity contribution in [1.82, 2.24) is 9.80 Å². The molecule has 172 valence electrons. The van der Waals surface area contributed by atoms with E-state index in [0.717, 1.165) is 11.1 Å². The Hall–Kier alpha value is -3.50. The number of phenols is 2. The second kappa shape index (κ2) is 9.40. The summed E-state index contributed by atoms with van der Waals surface area (Å²) in [6, 6.07) is 13.5. The minimum absolute atomic E-state index is 0.146. The zero-order valence-electron chi connectivity index (χ0n) is 17.9. The Kier molecular flexibility index (Phi) is 6.16. The van der Waals surface area contributed by atoms with Crippen molar-refractivity contribution in [2.45, 2.75) is 0 Å². The molecule has 34 heavy (non-hydrogen) atoms. The van der Waals surface area contributed by atoms with Gasteiger partial charge in [-0.3, -0.25) is 9.59 Å². The van der Waals surface area contributed by atoms with E-state index >= 15 is 0 Å². The molecule has 1 saturated heterocycles. The molecule has 0 aromatic heterocycles. The van der Waals surface area contributed by atoms with Crippen LogP contribution in [0.2, 0.25) is 0 Å². The molecule has 0 saturated carbocycles. The van der Waals surface area contributed by atoms with Crippen LogP contribution < -0.4 is 0 Å². The number of amides is 2. The van der Waals surface area contributed by atoms with Crippen molar-refractivity contribution >= 4 is 57.8 Å². The van der Waals surface area contributed by atoms with Crippen LogP contribution in [0.25, 0.3) is 12.2 Å². The van der Waals surface area contributed by atoms with Crippen molar-refractivity contribution in [1.29, 1.82) is 0 Å². The van der Waals surface area contributed by atoms with Gasteiger partial charge in [0.15, 0.2) is 10.3 Å². The first-order chi connectivity index (χ1) is 16.4. The standard InChI is InChI=1S/C24H20N4O4S2/c29-17-5-1-3-15(11-17)13-19-21(31)25-23(33-19)27-7-9-28(10-8-27)24-26-22(32)20(34-24)14-16-4-2-6-18(30)12-16/h1-6,11-14,29-30H,7-10H2/b19-13-,20-14+. The fourth-order valence-corrected chi connectivity index (χ4v) is 5.62. The lowest BCUT2D eigenvalue weighted by Crippen LogP contribution is -2.49. The van der Waals surface area contributed by atoms with Crippen LogP contribution in [0.3, 0.4) is 0 Å². The molecular weight excluding hydrogens is 472 g/mol.